The first-order valence-electron chi connectivity index (χ1n) is 5.54. The van der Waals surface area contributed by atoms with E-state index < -0.39 is 4.92 Å². The van der Waals surface area contributed by atoms with Crippen LogP contribution in [0.3, 0.4) is 0 Å². The van der Waals surface area contributed by atoms with Gasteiger partial charge in [-0.15, -0.1) is 0 Å². The maximum absolute atomic E-state index is 13.2. The predicted molar refractivity (Wildman–Crippen MR) is 71.9 cm³/mol. The van der Waals surface area contributed by atoms with Crippen LogP contribution in [-0.4, -0.2) is 4.92 Å². The quantitative estimate of drug-likeness (QED) is 0.504. The van der Waals surface area contributed by atoms with E-state index in [0.717, 1.165) is 5.56 Å². The molecule has 2 aromatic rings. The summed E-state index contributed by atoms with van der Waals surface area (Å²) in [5.74, 6) is -0.367. The Bertz CT molecular complexity index is 644. The molecule has 0 saturated heterocycles. The Morgan fingerprint density at radius 2 is 1.95 bits per heavy atom. The van der Waals surface area contributed by atoms with E-state index >= 15 is 0 Å². The largest absolute Gasteiger partial charge is 0.397 e. The van der Waals surface area contributed by atoms with Crippen LogP contribution in [0.15, 0.2) is 36.4 Å². The van der Waals surface area contributed by atoms with Crippen LogP contribution in [-0.2, 0) is 0 Å². The molecule has 0 heterocycles. The second kappa shape index (κ2) is 4.93. The number of nitro benzene ring substituents is 1. The van der Waals surface area contributed by atoms with Crippen molar-refractivity contribution in [3.05, 3.63) is 57.9 Å². The summed E-state index contributed by atoms with van der Waals surface area (Å²) in [6, 6.07) is 8.44. The number of halogens is 1. The van der Waals surface area contributed by atoms with Gasteiger partial charge in [-0.05, 0) is 30.7 Å². The van der Waals surface area contributed by atoms with Crippen molar-refractivity contribution >= 4 is 22.7 Å². The van der Waals surface area contributed by atoms with Crippen LogP contribution in [0.1, 0.15) is 5.56 Å². The van der Waals surface area contributed by atoms with Crippen molar-refractivity contribution in [2.75, 3.05) is 11.1 Å². The molecule has 19 heavy (non-hydrogen) atoms. The number of hydrogen-bond donors (Lipinski definition) is 2. The molecule has 0 aliphatic rings. The number of anilines is 3. The molecule has 0 radical (unpaired) electrons. The minimum absolute atomic E-state index is 0.0842. The average molecular weight is 261 g/mol. The standard InChI is InChI=1S/C13H12FN3O2/c1-8-2-3-9(14)6-13(8)16-12-5-4-10(17(18)19)7-11(12)15/h2-7,16H,15H2,1H3. The van der Waals surface area contributed by atoms with Crippen LogP contribution >= 0.6 is 0 Å². The molecular formula is C13H12FN3O2. The van der Waals surface area contributed by atoms with Gasteiger partial charge in [-0.3, -0.25) is 10.1 Å². The molecule has 3 N–H and O–H groups in total. The van der Waals surface area contributed by atoms with Gasteiger partial charge in [0.25, 0.3) is 5.69 Å². The minimum atomic E-state index is -0.520. The Morgan fingerprint density at radius 3 is 2.58 bits per heavy atom. The third-order valence-electron chi connectivity index (χ3n) is 2.71. The first-order chi connectivity index (χ1) is 8.97. The number of nitrogens with one attached hydrogen (secondary N) is 1. The molecule has 0 spiro atoms. The smallest absolute Gasteiger partial charge is 0.271 e. The molecule has 0 aliphatic heterocycles. The first-order valence-corrected chi connectivity index (χ1v) is 5.54. The normalized spacial score (nSPS) is 10.2. The number of nitrogens with zero attached hydrogens (tertiary/aromatic N) is 1. The van der Waals surface area contributed by atoms with Gasteiger partial charge in [-0.2, -0.15) is 0 Å². The van der Waals surface area contributed by atoms with E-state index in [4.69, 9.17) is 5.73 Å². The Hall–Kier alpha value is -2.63. The second-order valence-electron chi connectivity index (χ2n) is 4.11. The van der Waals surface area contributed by atoms with Gasteiger partial charge in [0.15, 0.2) is 0 Å². The number of rotatable bonds is 3. The summed E-state index contributed by atoms with van der Waals surface area (Å²) >= 11 is 0. The Morgan fingerprint density at radius 1 is 1.21 bits per heavy atom. The Kier molecular flexibility index (Phi) is 3.33. The summed E-state index contributed by atoms with van der Waals surface area (Å²) in [6.45, 7) is 1.82. The Labute approximate surface area is 109 Å². The van der Waals surface area contributed by atoms with Crippen molar-refractivity contribution in [3.63, 3.8) is 0 Å². The topological polar surface area (TPSA) is 81.2 Å². The molecule has 0 atom stereocenters. The van der Waals surface area contributed by atoms with E-state index in [0.29, 0.717) is 11.4 Å². The van der Waals surface area contributed by atoms with Crippen LogP contribution < -0.4 is 11.1 Å². The first kappa shape index (κ1) is 12.8. The van der Waals surface area contributed by atoms with E-state index in [1.54, 1.807) is 6.07 Å². The van der Waals surface area contributed by atoms with E-state index in [9.17, 15) is 14.5 Å². The lowest BCUT2D eigenvalue weighted by atomic mass is 10.1. The number of non-ortho nitro benzene ring substituents is 1. The SMILES string of the molecule is Cc1ccc(F)cc1Nc1ccc([N+](=O)[O-])cc1N. The fourth-order valence-electron chi connectivity index (χ4n) is 1.65. The van der Waals surface area contributed by atoms with Crippen LogP contribution in [0.25, 0.3) is 0 Å². The van der Waals surface area contributed by atoms with Gasteiger partial charge in [0.2, 0.25) is 0 Å². The van der Waals surface area contributed by atoms with Gasteiger partial charge in [0.1, 0.15) is 5.82 Å². The van der Waals surface area contributed by atoms with Crippen molar-refractivity contribution in [2.24, 2.45) is 0 Å². The number of nitrogen functional groups attached to an aromatic ring is 1. The summed E-state index contributed by atoms with van der Waals surface area (Å²) in [7, 11) is 0. The van der Waals surface area contributed by atoms with Crippen LogP contribution in [0.2, 0.25) is 0 Å². The van der Waals surface area contributed by atoms with E-state index in [1.807, 2.05) is 6.92 Å². The third kappa shape index (κ3) is 2.79. The van der Waals surface area contributed by atoms with Gasteiger partial charge in [0, 0.05) is 17.8 Å². The molecule has 6 heteroatoms. The van der Waals surface area contributed by atoms with E-state index in [1.165, 1.54) is 30.3 Å². The number of benzene rings is 2. The average Bonchev–Trinajstić information content (AvgIpc) is 2.36. The highest BCUT2D eigenvalue weighted by Gasteiger charge is 2.09. The molecule has 0 fully saturated rings. The molecule has 0 saturated carbocycles. The summed E-state index contributed by atoms with van der Waals surface area (Å²) in [5.41, 5.74) is 7.80. The van der Waals surface area contributed by atoms with Gasteiger partial charge < -0.3 is 11.1 Å². The van der Waals surface area contributed by atoms with Crippen molar-refractivity contribution < 1.29 is 9.31 Å². The zero-order valence-corrected chi connectivity index (χ0v) is 10.2. The number of nitrogens with two attached hydrogens (primary N) is 1. The molecule has 0 amide bonds. The molecule has 0 unspecified atom stereocenters. The summed E-state index contributed by atoms with van der Waals surface area (Å²) in [5, 5.41) is 13.6. The highest BCUT2D eigenvalue weighted by molar-refractivity contribution is 5.75. The summed E-state index contributed by atoms with van der Waals surface area (Å²) < 4.78 is 13.2. The molecule has 2 rings (SSSR count). The van der Waals surface area contributed by atoms with Crippen molar-refractivity contribution in [1.29, 1.82) is 0 Å². The zero-order chi connectivity index (χ0) is 14.0. The van der Waals surface area contributed by atoms with Gasteiger partial charge in [-0.25, -0.2) is 4.39 Å². The minimum Gasteiger partial charge on any atom is -0.397 e. The molecule has 0 bridgehead atoms. The van der Waals surface area contributed by atoms with Crippen LogP contribution in [0.5, 0.6) is 0 Å². The maximum Gasteiger partial charge on any atom is 0.271 e. The molecule has 0 aromatic heterocycles. The van der Waals surface area contributed by atoms with Crippen LogP contribution in [0, 0.1) is 22.9 Å². The van der Waals surface area contributed by atoms with Crippen molar-refractivity contribution in [2.45, 2.75) is 6.92 Å². The molecular weight excluding hydrogens is 249 g/mol. The summed E-state index contributed by atoms with van der Waals surface area (Å²) in [6.07, 6.45) is 0. The van der Waals surface area contributed by atoms with Crippen molar-refractivity contribution in [3.8, 4) is 0 Å². The lowest BCUT2D eigenvalue weighted by Crippen LogP contribution is -1.99. The van der Waals surface area contributed by atoms with Gasteiger partial charge in [0.05, 0.1) is 16.3 Å². The van der Waals surface area contributed by atoms with Crippen LogP contribution in [0.4, 0.5) is 27.1 Å². The molecule has 0 aliphatic carbocycles. The highest BCUT2D eigenvalue weighted by Crippen LogP contribution is 2.28. The van der Waals surface area contributed by atoms with E-state index in [-0.39, 0.29) is 17.2 Å². The lowest BCUT2D eigenvalue weighted by molar-refractivity contribution is -0.384. The lowest BCUT2D eigenvalue weighted by Gasteiger charge is -2.11. The third-order valence-corrected chi connectivity index (χ3v) is 2.71. The Balaban J connectivity index is 2.33. The van der Waals surface area contributed by atoms with Gasteiger partial charge >= 0.3 is 0 Å². The zero-order valence-electron chi connectivity index (χ0n) is 10.2. The number of hydrogen-bond acceptors (Lipinski definition) is 4. The molecule has 2 aromatic carbocycles. The maximum atomic E-state index is 13.2. The van der Waals surface area contributed by atoms with E-state index in [2.05, 4.69) is 5.32 Å². The number of aryl methyl sites for hydroxylation is 1. The fraction of sp³-hybridized carbons (Fsp3) is 0.0769. The second-order valence-corrected chi connectivity index (χ2v) is 4.11. The fourth-order valence-corrected chi connectivity index (χ4v) is 1.65. The van der Waals surface area contributed by atoms with Gasteiger partial charge in [-0.1, -0.05) is 6.07 Å². The summed E-state index contributed by atoms with van der Waals surface area (Å²) in [4.78, 5) is 10.1. The highest BCUT2D eigenvalue weighted by atomic mass is 19.1. The monoisotopic (exact) mass is 261 g/mol. The predicted octanol–water partition coefficient (Wildman–Crippen LogP) is 3.37. The van der Waals surface area contributed by atoms with Crippen molar-refractivity contribution in [1.82, 2.24) is 0 Å². The number of nitro groups is 1. The molecule has 98 valence electrons. The molecule has 5 nitrogen and oxygen atoms in total.